The van der Waals surface area contributed by atoms with E-state index in [4.69, 9.17) is 16.1 Å². The van der Waals surface area contributed by atoms with Gasteiger partial charge in [-0.2, -0.15) is 4.98 Å². The normalized spacial score (nSPS) is 19.2. The summed E-state index contributed by atoms with van der Waals surface area (Å²) in [7, 11) is 0. The molecule has 1 aliphatic carbocycles. The molecule has 1 aliphatic heterocycles. The minimum atomic E-state index is -0.214. The van der Waals surface area contributed by atoms with Crippen molar-refractivity contribution in [2.75, 3.05) is 6.54 Å². The largest absolute Gasteiger partial charge is 0.330 e. The van der Waals surface area contributed by atoms with Crippen LogP contribution in [0.25, 0.3) is 11.7 Å². The standard InChI is InChI=1S/C18H17ClN6O2/c1-10-15-21-22-16(17-20-14(23-27-17)11-2-3-11)25(15)9-8-24(10)18(26)12-4-6-13(19)7-5-12/h4-7,10-11H,2-3,8-9H2,1H3/t10-/m1/s1. The van der Waals surface area contributed by atoms with Crippen LogP contribution < -0.4 is 0 Å². The van der Waals surface area contributed by atoms with Crippen LogP contribution in [0.3, 0.4) is 0 Å². The lowest BCUT2D eigenvalue weighted by Gasteiger charge is -2.33. The molecule has 0 N–H and O–H groups in total. The van der Waals surface area contributed by atoms with Crippen LogP contribution in [0.1, 0.15) is 53.7 Å². The number of carbonyl (C=O) groups is 1. The molecule has 0 spiro atoms. The van der Waals surface area contributed by atoms with Gasteiger partial charge in [0.05, 0.1) is 6.04 Å². The van der Waals surface area contributed by atoms with E-state index < -0.39 is 0 Å². The van der Waals surface area contributed by atoms with E-state index in [1.54, 1.807) is 29.2 Å². The molecule has 0 saturated heterocycles. The molecule has 1 saturated carbocycles. The summed E-state index contributed by atoms with van der Waals surface area (Å²) in [5.41, 5.74) is 0.602. The Balaban J connectivity index is 1.42. The summed E-state index contributed by atoms with van der Waals surface area (Å²) in [4.78, 5) is 19.1. The molecule has 9 heteroatoms. The fraction of sp³-hybridized carbons (Fsp3) is 0.389. The smallest absolute Gasteiger partial charge is 0.295 e. The zero-order valence-electron chi connectivity index (χ0n) is 14.7. The van der Waals surface area contributed by atoms with Crippen molar-refractivity contribution in [1.82, 2.24) is 29.8 Å². The molecule has 3 aromatic rings. The molecule has 138 valence electrons. The van der Waals surface area contributed by atoms with E-state index in [1.165, 1.54) is 0 Å². The zero-order chi connectivity index (χ0) is 18.5. The molecule has 0 unspecified atom stereocenters. The first-order valence-corrected chi connectivity index (χ1v) is 9.33. The molecule has 0 radical (unpaired) electrons. The number of nitrogens with zero attached hydrogens (tertiary/aromatic N) is 6. The molecule has 27 heavy (non-hydrogen) atoms. The van der Waals surface area contributed by atoms with Gasteiger partial charge in [-0.3, -0.25) is 4.79 Å². The van der Waals surface area contributed by atoms with Crippen LogP contribution in [-0.2, 0) is 6.54 Å². The monoisotopic (exact) mass is 384 g/mol. The molecule has 8 nitrogen and oxygen atoms in total. The Morgan fingerprint density at radius 2 is 1.96 bits per heavy atom. The van der Waals surface area contributed by atoms with Crippen molar-refractivity contribution in [3.05, 3.63) is 46.5 Å². The van der Waals surface area contributed by atoms with E-state index in [0.29, 0.717) is 47.1 Å². The van der Waals surface area contributed by atoms with Crippen LogP contribution in [-0.4, -0.2) is 42.3 Å². The van der Waals surface area contributed by atoms with Crippen LogP contribution >= 0.6 is 11.6 Å². The molecule has 5 rings (SSSR count). The molecular weight excluding hydrogens is 368 g/mol. The van der Waals surface area contributed by atoms with Crippen molar-refractivity contribution in [2.24, 2.45) is 0 Å². The van der Waals surface area contributed by atoms with Crippen molar-refractivity contribution in [3.8, 4) is 11.7 Å². The second kappa shape index (κ2) is 6.16. The Hall–Kier alpha value is -2.74. The molecule has 1 amide bonds. The summed E-state index contributed by atoms with van der Waals surface area (Å²) in [5.74, 6) is 2.77. The quantitative estimate of drug-likeness (QED) is 0.689. The predicted octanol–water partition coefficient (Wildman–Crippen LogP) is 3.08. The molecule has 1 atom stereocenters. The van der Waals surface area contributed by atoms with Gasteiger partial charge in [0.25, 0.3) is 11.8 Å². The molecular formula is C18H17ClN6O2. The molecule has 0 bridgehead atoms. The van der Waals surface area contributed by atoms with Gasteiger partial charge < -0.3 is 14.0 Å². The van der Waals surface area contributed by atoms with Gasteiger partial charge in [0.2, 0.25) is 5.82 Å². The minimum absolute atomic E-state index is 0.0521. The number of amides is 1. The Morgan fingerprint density at radius 1 is 1.19 bits per heavy atom. The Labute approximate surface area is 160 Å². The van der Waals surface area contributed by atoms with Crippen LogP contribution in [0.2, 0.25) is 5.02 Å². The highest BCUT2D eigenvalue weighted by molar-refractivity contribution is 6.30. The summed E-state index contributed by atoms with van der Waals surface area (Å²) in [6.07, 6.45) is 2.21. The molecule has 3 heterocycles. The third kappa shape index (κ3) is 2.80. The number of hydrogen-bond acceptors (Lipinski definition) is 6. The Morgan fingerprint density at radius 3 is 2.70 bits per heavy atom. The highest BCUT2D eigenvalue weighted by atomic mass is 35.5. The summed E-state index contributed by atoms with van der Waals surface area (Å²) < 4.78 is 7.35. The lowest BCUT2D eigenvalue weighted by Crippen LogP contribution is -2.41. The highest BCUT2D eigenvalue weighted by Gasteiger charge is 2.34. The molecule has 1 aromatic carbocycles. The maximum atomic E-state index is 12.9. The van der Waals surface area contributed by atoms with Crippen LogP contribution in [0.15, 0.2) is 28.8 Å². The topological polar surface area (TPSA) is 89.9 Å². The summed E-state index contributed by atoms with van der Waals surface area (Å²) in [5, 5.41) is 13.2. The van der Waals surface area contributed by atoms with Gasteiger partial charge in [-0.05, 0) is 44.0 Å². The first-order chi connectivity index (χ1) is 13.1. The van der Waals surface area contributed by atoms with Crippen molar-refractivity contribution in [1.29, 1.82) is 0 Å². The number of hydrogen-bond donors (Lipinski definition) is 0. The predicted molar refractivity (Wildman–Crippen MR) is 96.2 cm³/mol. The average Bonchev–Trinajstić information content (AvgIpc) is 3.24. The molecule has 2 aromatic heterocycles. The second-order valence-corrected chi connectivity index (χ2v) is 7.38. The van der Waals surface area contributed by atoms with Gasteiger partial charge in [-0.25, -0.2) is 0 Å². The summed E-state index contributed by atoms with van der Waals surface area (Å²) >= 11 is 5.92. The van der Waals surface area contributed by atoms with Gasteiger partial charge >= 0.3 is 0 Å². The Bertz CT molecular complexity index is 1010. The number of fused-ring (bicyclic) bond motifs is 1. The maximum absolute atomic E-state index is 12.9. The summed E-state index contributed by atoms with van der Waals surface area (Å²) in [6, 6.07) is 6.70. The second-order valence-electron chi connectivity index (χ2n) is 6.95. The number of halogens is 1. The number of benzene rings is 1. The van der Waals surface area contributed by atoms with Crippen LogP contribution in [0.4, 0.5) is 0 Å². The van der Waals surface area contributed by atoms with Gasteiger partial charge in [-0.15, -0.1) is 10.2 Å². The number of carbonyl (C=O) groups excluding carboxylic acids is 1. The minimum Gasteiger partial charge on any atom is -0.330 e. The fourth-order valence-electron chi connectivity index (χ4n) is 3.41. The molecule has 2 aliphatic rings. The van der Waals surface area contributed by atoms with Crippen molar-refractivity contribution >= 4 is 17.5 Å². The van der Waals surface area contributed by atoms with E-state index in [2.05, 4.69) is 20.3 Å². The van der Waals surface area contributed by atoms with Gasteiger partial charge in [0, 0.05) is 29.6 Å². The van der Waals surface area contributed by atoms with Crippen molar-refractivity contribution in [3.63, 3.8) is 0 Å². The van der Waals surface area contributed by atoms with E-state index in [1.807, 2.05) is 11.5 Å². The van der Waals surface area contributed by atoms with Crippen LogP contribution in [0.5, 0.6) is 0 Å². The van der Waals surface area contributed by atoms with Crippen molar-refractivity contribution in [2.45, 2.75) is 38.3 Å². The SMILES string of the molecule is C[C@@H]1c2nnc(-c3nc(C4CC4)no3)n2CCN1C(=O)c1ccc(Cl)cc1. The first kappa shape index (κ1) is 16.4. The van der Waals surface area contributed by atoms with Gasteiger partial charge in [0.15, 0.2) is 11.6 Å². The maximum Gasteiger partial charge on any atom is 0.295 e. The van der Waals surface area contributed by atoms with E-state index >= 15 is 0 Å². The van der Waals surface area contributed by atoms with Gasteiger partial charge in [0.1, 0.15) is 0 Å². The van der Waals surface area contributed by atoms with Crippen LogP contribution in [0, 0.1) is 0 Å². The Kier molecular flexibility index (Phi) is 3.75. The van der Waals surface area contributed by atoms with E-state index in [-0.39, 0.29) is 11.9 Å². The average molecular weight is 385 g/mol. The lowest BCUT2D eigenvalue weighted by molar-refractivity contribution is 0.0638. The third-order valence-electron chi connectivity index (χ3n) is 5.11. The van der Waals surface area contributed by atoms with Gasteiger partial charge in [-0.1, -0.05) is 16.8 Å². The molecule has 1 fully saturated rings. The summed E-state index contributed by atoms with van der Waals surface area (Å²) in [6.45, 7) is 3.06. The first-order valence-electron chi connectivity index (χ1n) is 8.95. The zero-order valence-corrected chi connectivity index (χ0v) is 15.4. The van der Waals surface area contributed by atoms with E-state index in [9.17, 15) is 4.79 Å². The number of rotatable bonds is 3. The highest BCUT2D eigenvalue weighted by Crippen LogP contribution is 2.39. The number of aromatic nitrogens is 5. The third-order valence-corrected chi connectivity index (χ3v) is 5.36. The van der Waals surface area contributed by atoms with Crippen molar-refractivity contribution < 1.29 is 9.32 Å². The van der Waals surface area contributed by atoms with E-state index in [0.717, 1.165) is 18.7 Å². The fourth-order valence-corrected chi connectivity index (χ4v) is 3.54. The lowest BCUT2D eigenvalue weighted by atomic mass is 10.1.